The van der Waals surface area contributed by atoms with Crippen molar-refractivity contribution in [1.82, 2.24) is 9.78 Å². The van der Waals surface area contributed by atoms with E-state index < -0.39 is 9.84 Å². The number of rotatable bonds is 5. The molecule has 1 saturated heterocycles. The summed E-state index contributed by atoms with van der Waals surface area (Å²) in [6.07, 6.45) is 5.86. The molecule has 0 aliphatic carbocycles. The molecular weight excluding hydrogens is 252 g/mol. The second-order valence-corrected chi connectivity index (χ2v) is 7.26. The molecule has 0 amide bonds. The van der Waals surface area contributed by atoms with Crippen LogP contribution >= 0.6 is 0 Å². The lowest BCUT2D eigenvalue weighted by atomic mass is 9.99. The summed E-state index contributed by atoms with van der Waals surface area (Å²) in [5.74, 6) is 0.622. The van der Waals surface area contributed by atoms with Crippen LogP contribution in [0.25, 0.3) is 0 Å². The molecule has 0 spiro atoms. The van der Waals surface area contributed by atoms with Gasteiger partial charge in [0, 0.05) is 26.1 Å². The van der Waals surface area contributed by atoms with Crippen molar-refractivity contribution >= 4 is 15.6 Å². The van der Waals surface area contributed by atoms with E-state index in [0.717, 1.165) is 5.56 Å². The molecule has 2 rings (SSSR count). The van der Waals surface area contributed by atoms with Gasteiger partial charge in [-0.05, 0) is 24.3 Å². The predicted octanol–water partition coefficient (Wildman–Crippen LogP) is 0.747. The molecule has 0 N–H and O–H groups in total. The van der Waals surface area contributed by atoms with Gasteiger partial charge in [-0.15, -0.1) is 0 Å². The molecule has 1 aromatic rings. The number of nitrogens with zero attached hydrogens (tertiary/aromatic N) is 2. The largest absolute Gasteiger partial charge is 0.300 e. The number of hydrogen-bond donors (Lipinski definition) is 0. The van der Waals surface area contributed by atoms with Gasteiger partial charge in [0.15, 0.2) is 9.84 Å². The third-order valence-corrected chi connectivity index (χ3v) is 5.13. The van der Waals surface area contributed by atoms with E-state index in [4.69, 9.17) is 0 Å². The van der Waals surface area contributed by atoms with Crippen LogP contribution in [0.2, 0.25) is 0 Å². The molecule has 2 heterocycles. The maximum absolute atomic E-state index is 11.8. The zero-order valence-corrected chi connectivity index (χ0v) is 11.3. The highest BCUT2D eigenvalue weighted by Gasteiger charge is 2.29. The van der Waals surface area contributed by atoms with Gasteiger partial charge in [0.25, 0.3) is 0 Å². The quantitative estimate of drug-likeness (QED) is 0.791. The van der Waals surface area contributed by atoms with Gasteiger partial charge in [-0.1, -0.05) is 0 Å². The van der Waals surface area contributed by atoms with Gasteiger partial charge in [-0.2, -0.15) is 5.10 Å². The predicted molar refractivity (Wildman–Crippen MR) is 67.9 cm³/mol. The Labute approximate surface area is 107 Å². The summed E-state index contributed by atoms with van der Waals surface area (Å²) in [6, 6.07) is 0. The molecular formula is C12H18N2O3S. The third-order valence-electron chi connectivity index (χ3n) is 3.29. The first-order chi connectivity index (χ1) is 8.44. The minimum Gasteiger partial charge on any atom is -0.300 e. The Kier molecular flexibility index (Phi) is 3.85. The summed E-state index contributed by atoms with van der Waals surface area (Å²) < 4.78 is 24.3. The number of aromatic nitrogens is 2. The van der Waals surface area contributed by atoms with Crippen LogP contribution in [0.5, 0.6) is 0 Å². The van der Waals surface area contributed by atoms with Crippen LogP contribution in [0, 0.1) is 5.92 Å². The monoisotopic (exact) mass is 270 g/mol. The first kappa shape index (κ1) is 13.3. The molecule has 1 atom stereocenters. The topological polar surface area (TPSA) is 69.0 Å². The standard InChI is InChI=1S/C12H18N2O3S/c1-14-8-11(7-13-14)2-3-12(15)6-10-4-5-18(16,17)9-10/h7-8,10H,2-6,9H2,1H3. The smallest absolute Gasteiger partial charge is 0.150 e. The molecule has 0 radical (unpaired) electrons. The van der Waals surface area contributed by atoms with Gasteiger partial charge in [-0.25, -0.2) is 8.42 Å². The number of carbonyl (C=O) groups is 1. The van der Waals surface area contributed by atoms with E-state index in [-0.39, 0.29) is 23.2 Å². The number of carbonyl (C=O) groups excluding carboxylic acids is 1. The van der Waals surface area contributed by atoms with Gasteiger partial charge < -0.3 is 0 Å². The number of ketones is 1. The molecule has 0 saturated carbocycles. The minimum atomic E-state index is -2.87. The van der Waals surface area contributed by atoms with Crippen molar-refractivity contribution in [3.8, 4) is 0 Å². The maximum Gasteiger partial charge on any atom is 0.150 e. The fourth-order valence-corrected chi connectivity index (χ4v) is 4.20. The molecule has 18 heavy (non-hydrogen) atoms. The summed E-state index contributed by atoms with van der Waals surface area (Å²) in [5, 5.41) is 4.04. The van der Waals surface area contributed by atoms with Crippen molar-refractivity contribution in [1.29, 1.82) is 0 Å². The van der Waals surface area contributed by atoms with E-state index in [0.29, 0.717) is 25.7 Å². The highest BCUT2D eigenvalue weighted by Crippen LogP contribution is 2.22. The van der Waals surface area contributed by atoms with Gasteiger partial charge in [-0.3, -0.25) is 9.48 Å². The maximum atomic E-state index is 11.8. The van der Waals surface area contributed by atoms with E-state index in [1.807, 2.05) is 13.2 Å². The molecule has 1 aromatic heterocycles. The zero-order valence-electron chi connectivity index (χ0n) is 10.5. The SMILES string of the molecule is Cn1cc(CCC(=O)CC2CCS(=O)(=O)C2)cn1. The van der Waals surface area contributed by atoms with Gasteiger partial charge in [0.05, 0.1) is 17.7 Å². The van der Waals surface area contributed by atoms with Crippen LogP contribution in [-0.4, -0.2) is 35.5 Å². The van der Waals surface area contributed by atoms with Crippen LogP contribution in [0.4, 0.5) is 0 Å². The zero-order chi connectivity index (χ0) is 13.2. The van der Waals surface area contributed by atoms with Crippen LogP contribution in [0.15, 0.2) is 12.4 Å². The average Bonchev–Trinajstić information content (AvgIpc) is 2.82. The molecule has 1 aliphatic rings. The third kappa shape index (κ3) is 3.66. The number of sulfone groups is 1. The van der Waals surface area contributed by atoms with E-state index in [9.17, 15) is 13.2 Å². The Bertz CT molecular complexity index is 533. The Hall–Kier alpha value is -1.17. The lowest BCUT2D eigenvalue weighted by Crippen LogP contribution is -2.11. The fourth-order valence-electron chi connectivity index (χ4n) is 2.34. The van der Waals surface area contributed by atoms with Crippen LogP contribution in [0.1, 0.15) is 24.8 Å². The van der Waals surface area contributed by atoms with Gasteiger partial charge >= 0.3 is 0 Å². The van der Waals surface area contributed by atoms with Crippen LogP contribution < -0.4 is 0 Å². The molecule has 1 unspecified atom stereocenters. The molecule has 100 valence electrons. The summed E-state index contributed by atoms with van der Waals surface area (Å²) in [7, 11) is -1.03. The highest BCUT2D eigenvalue weighted by atomic mass is 32.2. The second-order valence-electron chi connectivity index (χ2n) is 5.03. The van der Waals surface area contributed by atoms with Crippen molar-refractivity contribution in [2.75, 3.05) is 11.5 Å². The van der Waals surface area contributed by atoms with Crippen molar-refractivity contribution < 1.29 is 13.2 Å². The fraction of sp³-hybridized carbons (Fsp3) is 0.667. The van der Waals surface area contributed by atoms with E-state index in [1.165, 1.54) is 0 Å². The first-order valence-corrected chi connectivity index (χ1v) is 7.96. The summed E-state index contributed by atoms with van der Waals surface area (Å²) >= 11 is 0. The van der Waals surface area contributed by atoms with Crippen LogP contribution in [-0.2, 0) is 28.1 Å². The normalized spacial score (nSPS) is 22.2. The number of aryl methyl sites for hydroxylation is 2. The second kappa shape index (κ2) is 5.22. The van der Waals surface area contributed by atoms with Crippen molar-refractivity contribution in [2.24, 2.45) is 13.0 Å². The number of Topliss-reactive ketones (excluding diaryl/α,β-unsaturated/α-hetero) is 1. The van der Waals surface area contributed by atoms with Gasteiger partial charge in [0.2, 0.25) is 0 Å². The van der Waals surface area contributed by atoms with Crippen LogP contribution in [0.3, 0.4) is 0 Å². The first-order valence-electron chi connectivity index (χ1n) is 6.14. The van der Waals surface area contributed by atoms with E-state index >= 15 is 0 Å². The molecule has 0 bridgehead atoms. The van der Waals surface area contributed by atoms with Crippen molar-refractivity contribution in [3.63, 3.8) is 0 Å². The lowest BCUT2D eigenvalue weighted by molar-refractivity contribution is -0.119. The molecule has 6 heteroatoms. The summed E-state index contributed by atoms with van der Waals surface area (Å²) in [6.45, 7) is 0. The van der Waals surface area contributed by atoms with Gasteiger partial charge in [0.1, 0.15) is 5.78 Å². The number of hydrogen-bond acceptors (Lipinski definition) is 4. The molecule has 1 fully saturated rings. The minimum absolute atomic E-state index is 0.0383. The van der Waals surface area contributed by atoms with E-state index in [1.54, 1.807) is 10.9 Å². The Balaban J connectivity index is 1.76. The molecule has 5 nitrogen and oxygen atoms in total. The van der Waals surface area contributed by atoms with E-state index in [2.05, 4.69) is 5.10 Å². The summed E-state index contributed by atoms with van der Waals surface area (Å²) in [4.78, 5) is 11.8. The average molecular weight is 270 g/mol. The Morgan fingerprint density at radius 3 is 2.89 bits per heavy atom. The Morgan fingerprint density at radius 2 is 2.33 bits per heavy atom. The lowest BCUT2D eigenvalue weighted by Gasteiger charge is -2.05. The summed E-state index contributed by atoms with van der Waals surface area (Å²) in [5.41, 5.74) is 1.05. The van der Waals surface area contributed by atoms with Crippen molar-refractivity contribution in [3.05, 3.63) is 18.0 Å². The molecule has 0 aromatic carbocycles. The molecule has 1 aliphatic heterocycles. The highest BCUT2D eigenvalue weighted by molar-refractivity contribution is 7.91. The Morgan fingerprint density at radius 1 is 1.56 bits per heavy atom. The van der Waals surface area contributed by atoms with Crippen molar-refractivity contribution in [2.45, 2.75) is 25.7 Å².